The lowest BCUT2D eigenvalue weighted by molar-refractivity contribution is -0.138. The summed E-state index contributed by atoms with van der Waals surface area (Å²) in [6.45, 7) is 3.27. The van der Waals surface area contributed by atoms with Crippen LogP contribution in [0.3, 0.4) is 0 Å². The van der Waals surface area contributed by atoms with E-state index < -0.39 is 36.6 Å². The fourth-order valence-electron chi connectivity index (χ4n) is 2.09. The number of amides is 2. The standard InChI is InChI=1S/C16H21F3N2O3/c1-10-3-5-12(6-4-10)14(22)21-9-13(24-15(20)23)11(2)7-8-16(17,18)19/h3-6,11,13H,7-9H2,1-2H3,(H2,20,23)(H,21,22)/t11?,13-/m1/s1. The molecule has 3 N–H and O–H groups in total. The van der Waals surface area contributed by atoms with E-state index in [2.05, 4.69) is 5.32 Å². The van der Waals surface area contributed by atoms with Gasteiger partial charge in [-0.05, 0) is 31.4 Å². The van der Waals surface area contributed by atoms with Crippen molar-refractivity contribution in [2.24, 2.45) is 11.7 Å². The van der Waals surface area contributed by atoms with Crippen molar-refractivity contribution >= 4 is 12.0 Å². The first-order valence-electron chi connectivity index (χ1n) is 7.46. The summed E-state index contributed by atoms with van der Waals surface area (Å²) in [6, 6.07) is 6.78. The maximum atomic E-state index is 12.3. The zero-order chi connectivity index (χ0) is 18.3. The summed E-state index contributed by atoms with van der Waals surface area (Å²) in [5, 5.41) is 2.55. The highest BCUT2D eigenvalue weighted by atomic mass is 19.4. The van der Waals surface area contributed by atoms with Gasteiger partial charge in [-0.2, -0.15) is 13.2 Å². The third-order valence-electron chi connectivity index (χ3n) is 3.56. The quantitative estimate of drug-likeness (QED) is 0.796. The molecule has 5 nitrogen and oxygen atoms in total. The summed E-state index contributed by atoms with van der Waals surface area (Å²) in [6.07, 6.45) is -7.56. The molecule has 1 unspecified atom stereocenters. The SMILES string of the molecule is Cc1ccc(C(=O)NC[C@@H](OC(N)=O)C(C)CCC(F)(F)F)cc1. The molecule has 0 saturated heterocycles. The molecule has 0 aliphatic carbocycles. The Bertz CT molecular complexity index is 559. The lowest BCUT2D eigenvalue weighted by Gasteiger charge is -2.24. The predicted octanol–water partition coefficient (Wildman–Crippen LogP) is 3.17. The molecule has 1 aromatic carbocycles. The van der Waals surface area contributed by atoms with Gasteiger partial charge in [0.2, 0.25) is 0 Å². The van der Waals surface area contributed by atoms with Crippen LogP contribution in [0.5, 0.6) is 0 Å². The second-order valence-corrected chi connectivity index (χ2v) is 5.68. The van der Waals surface area contributed by atoms with E-state index in [0.29, 0.717) is 5.56 Å². The normalized spacial score (nSPS) is 13.9. The van der Waals surface area contributed by atoms with Crippen LogP contribution in [0.1, 0.15) is 35.7 Å². The Labute approximate surface area is 138 Å². The Morgan fingerprint density at radius 1 is 1.25 bits per heavy atom. The minimum absolute atomic E-state index is 0.116. The average Bonchev–Trinajstić information content (AvgIpc) is 2.48. The highest BCUT2D eigenvalue weighted by Gasteiger charge is 2.30. The first-order valence-corrected chi connectivity index (χ1v) is 7.46. The van der Waals surface area contributed by atoms with Gasteiger partial charge in [0.15, 0.2) is 0 Å². The molecule has 1 rings (SSSR count). The zero-order valence-corrected chi connectivity index (χ0v) is 13.5. The van der Waals surface area contributed by atoms with Crippen LogP contribution < -0.4 is 11.1 Å². The molecule has 0 aromatic heterocycles. The van der Waals surface area contributed by atoms with Crippen molar-refractivity contribution in [3.05, 3.63) is 35.4 Å². The minimum Gasteiger partial charge on any atom is -0.444 e. The van der Waals surface area contributed by atoms with Gasteiger partial charge in [0.1, 0.15) is 6.10 Å². The van der Waals surface area contributed by atoms with Crippen LogP contribution in [0.25, 0.3) is 0 Å². The van der Waals surface area contributed by atoms with E-state index >= 15 is 0 Å². The van der Waals surface area contributed by atoms with Crippen molar-refractivity contribution in [3.63, 3.8) is 0 Å². The van der Waals surface area contributed by atoms with Crippen molar-refractivity contribution in [2.75, 3.05) is 6.54 Å². The molecule has 134 valence electrons. The van der Waals surface area contributed by atoms with Gasteiger partial charge in [-0.3, -0.25) is 4.79 Å². The lowest BCUT2D eigenvalue weighted by Crippen LogP contribution is -2.40. The summed E-state index contributed by atoms with van der Waals surface area (Å²) in [7, 11) is 0. The van der Waals surface area contributed by atoms with E-state index in [-0.39, 0.29) is 13.0 Å². The predicted molar refractivity (Wildman–Crippen MR) is 82.4 cm³/mol. The van der Waals surface area contributed by atoms with Gasteiger partial charge in [-0.25, -0.2) is 4.79 Å². The molecule has 1 aromatic rings. The first kappa shape index (κ1) is 19.8. The number of nitrogens with one attached hydrogen (secondary N) is 1. The summed E-state index contributed by atoms with van der Waals surface area (Å²) < 4.78 is 41.8. The molecule has 0 saturated carbocycles. The average molecular weight is 346 g/mol. The molecule has 0 fully saturated rings. The van der Waals surface area contributed by atoms with Gasteiger partial charge in [0.25, 0.3) is 5.91 Å². The third kappa shape index (κ3) is 7.34. The molecule has 0 radical (unpaired) electrons. The summed E-state index contributed by atoms with van der Waals surface area (Å²) in [5.74, 6) is -1.02. The van der Waals surface area contributed by atoms with E-state index in [4.69, 9.17) is 10.5 Å². The van der Waals surface area contributed by atoms with Gasteiger partial charge in [0.05, 0.1) is 6.54 Å². The maximum Gasteiger partial charge on any atom is 0.404 e. The highest BCUT2D eigenvalue weighted by molar-refractivity contribution is 5.94. The van der Waals surface area contributed by atoms with Gasteiger partial charge in [-0.15, -0.1) is 0 Å². The van der Waals surface area contributed by atoms with Gasteiger partial charge >= 0.3 is 12.3 Å². The number of alkyl halides is 3. The van der Waals surface area contributed by atoms with E-state index in [9.17, 15) is 22.8 Å². The number of halogens is 3. The van der Waals surface area contributed by atoms with Gasteiger partial charge in [0, 0.05) is 12.0 Å². The first-order chi connectivity index (χ1) is 11.1. The van der Waals surface area contributed by atoms with Crippen LogP contribution in [0.2, 0.25) is 0 Å². The number of ether oxygens (including phenoxy) is 1. The number of primary amides is 1. The number of aryl methyl sites for hydroxylation is 1. The Hall–Kier alpha value is -2.25. The van der Waals surface area contributed by atoms with Crippen molar-refractivity contribution in [1.29, 1.82) is 0 Å². The molecule has 0 aliphatic rings. The van der Waals surface area contributed by atoms with Crippen LogP contribution in [-0.4, -0.2) is 30.8 Å². The van der Waals surface area contributed by atoms with E-state index in [1.54, 1.807) is 24.3 Å². The van der Waals surface area contributed by atoms with Crippen molar-refractivity contribution < 1.29 is 27.5 Å². The molecular weight excluding hydrogens is 325 g/mol. The number of hydrogen-bond donors (Lipinski definition) is 2. The molecular formula is C16H21F3N2O3. The molecule has 0 spiro atoms. The topological polar surface area (TPSA) is 81.4 Å². The Morgan fingerprint density at radius 3 is 2.33 bits per heavy atom. The number of carbonyl (C=O) groups excluding carboxylic acids is 2. The molecule has 0 bridgehead atoms. The third-order valence-corrected chi connectivity index (χ3v) is 3.56. The Kier molecular flexibility index (Phi) is 7.06. The zero-order valence-electron chi connectivity index (χ0n) is 13.5. The lowest BCUT2D eigenvalue weighted by atomic mass is 9.98. The van der Waals surface area contributed by atoms with Crippen LogP contribution in [0, 0.1) is 12.8 Å². The van der Waals surface area contributed by atoms with E-state index in [1.165, 1.54) is 6.92 Å². The van der Waals surface area contributed by atoms with E-state index in [1.807, 2.05) is 6.92 Å². The summed E-state index contributed by atoms with van der Waals surface area (Å²) >= 11 is 0. The number of rotatable bonds is 7. The maximum absolute atomic E-state index is 12.3. The van der Waals surface area contributed by atoms with Crippen LogP contribution >= 0.6 is 0 Å². The number of benzene rings is 1. The van der Waals surface area contributed by atoms with E-state index in [0.717, 1.165) is 5.56 Å². The molecule has 0 aliphatic heterocycles. The smallest absolute Gasteiger partial charge is 0.404 e. The highest BCUT2D eigenvalue weighted by Crippen LogP contribution is 2.25. The van der Waals surface area contributed by atoms with Crippen molar-refractivity contribution in [3.8, 4) is 0 Å². The Morgan fingerprint density at radius 2 is 1.83 bits per heavy atom. The minimum atomic E-state index is -4.29. The number of carbonyl (C=O) groups is 2. The largest absolute Gasteiger partial charge is 0.444 e. The van der Waals surface area contributed by atoms with Crippen LogP contribution in [0.4, 0.5) is 18.0 Å². The van der Waals surface area contributed by atoms with Crippen LogP contribution in [-0.2, 0) is 4.74 Å². The molecule has 2 amide bonds. The van der Waals surface area contributed by atoms with Crippen molar-refractivity contribution in [2.45, 2.75) is 39.0 Å². The Balaban J connectivity index is 2.63. The van der Waals surface area contributed by atoms with Gasteiger partial charge < -0.3 is 15.8 Å². The second kappa shape index (κ2) is 8.56. The molecule has 24 heavy (non-hydrogen) atoms. The van der Waals surface area contributed by atoms with Crippen LogP contribution in [0.15, 0.2) is 24.3 Å². The summed E-state index contributed by atoms with van der Waals surface area (Å²) in [4.78, 5) is 23.0. The molecule has 2 atom stereocenters. The monoisotopic (exact) mass is 346 g/mol. The number of nitrogens with two attached hydrogens (primary N) is 1. The van der Waals surface area contributed by atoms with Crippen molar-refractivity contribution in [1.82, 2.24) is 5.32 Å². The summed E-state index contributed by atoms with van der Waals surface area (Å²) in [5.41, 5.74) is 6.34. The molecule has 8 heteroatoms. The fourth-order valence-corrected chi connectivity index (χ4v) is 2.09. The molecule has 0 heterocycles. The fraction of sp³-hybridized carbons (Fsp3) is 0.500. The number of hydrogen-bond acceptors (Lipinski definition) is 3. The van der Waals surface area contributed by atoms with Gasteiger partial charge in [-0.1, -0.05) is 24.6 Å². The second-order valence-electron chi connectivity index (χ2n) is 5.68.